The third kappa shape index (κ3) is 3.57. The summed E-state index contributed by atoms with van der Waals surface area (Å²) in [6.07, 6.45) is 1.00. The molecule has 1 heterocycles. The second-order valence-corrected chi connectivity index (χ2v) is 5.51. The van der Waals surface area contributed by atoms with Gasteiger partial charge in [0.05, 0.1) is 24.0 Å². The minimum Gasteiger partial charge on any atom is -0.353 e. The molecule has 0 spiro atoms. The SMILES string of the molecule is O=S(CCC1OCCCO1)c1ccc(F)c(F)c1. The molecule has 1 fully saturated rings. The summed E-state index contributed by atoms with van der Waals surface area (Å²) >= 11 is 0. The van der Waals surface area contributed by atoms with Crippen LogP contribution in [0.25, 0.3) is 0 Å². The summed E-state index contributed by atoms with van der Waals surface area (Å²) in [4.78, 5) is 0.282. The van der Waals surface area contributed by atoms with Crippen LogP contribution in [0.15, 0.2) is 23.1 Å². The molecule has 1 aromatic carbocycles. The molecule has 1 aromatic rings. The lowest BCUT2D eigenvalue weighted by molar-refractivity contribution is -0.178. The van der Waals surface area contributed by atoms with Crippen LogP contribution in [-0.2, 0) is 20.3 Å². The lowest BCUT2D eigenvalue weighted by Crippen LogP contribution is -2.26. The molecule has 0 aliphatic carbocycles. The van der Waals surface area contributed by atoms with Gasteiger partial charge in [-0.05, 0) is 24.6 Å². The normalized spacial score (nSPS) is 18.8. The van der Waals surface area contributed by atoms with Gasteiger partial charge in [-0.15, -0.1) is 0 Å². The summed E-state index contributed by atoms with van der Waals surface area (Å²) in [5, 5.41) is 0. The van der Waals surface area contributed by atoms with Crippen molar-refractivity contribution in [2.24, 2.45) is 0 Å². The summed E-state index contributed by atoms with van der Waals surface area (Å²) in [5.41, 5.74) is 0. The highest BCUT2D eigenvalue weighted by Crippen LogP contribution is 2.15. The Morgan fingerprint density at radius 2 is 1.94 bits per heavy atom. The van der Waals surface area contributed by atoms with Crippen LogP contribution in [0, 0.1) is 11.6 Å². The van der Waals surface area contributed by atoms with Crippen LogP contribution in [0.4, 0.5) is 8.78 Å². The number of halogens is 2. The predicted octanol–water partition coefficient (Wildman–Crippen LogP) is 2.23. The first-order chi connectivity index (χ1) is 8.66. The van der Waals surface area contributed by atoms with E-state index in [1.165, 1.54) is 6.07 Å². The van der Waals surface area contributed by atoms with Gasteiger partial charge in [-0.1, -0.05) is 0 Å². The van der Waals surface area contributed by atoms with Crippen LogP contribution in [-0.4, -0.2) is 29.5 Å². The van der Waals surface area contributed by atoms with Crippen LogP contribution in [0.1, 0.15) is 12.8 Å². The highest BCUT2D eigenvalue weighted by atomic mass is 32.2. The molecule has 1 aliphatic heterocycles. The molecular formula is C12H14F2O3S. The summed E-state index contributed by atoms with van der Waals surface area (Å²) in [5.74, 6) is -1.61. The zero-order chi connectivity index (χ0) is 13.0. The Labute approximate surface area is 107 Å². The summed E-state index contributed by atoms with van der Waals surface area (Å²) < 4.78 is 48.2. The summed E-state index contributed by atoms with van der Waals surface area (Å²) in [6.45, 7) is 1.28. The Kier molecular flexibility index (Phi) is 4.79. The molecule has 1 saturated heterocycles. The van der Waals surface area contributed by atoms with Gasteiger partial charge >= 0.3 is 0 Å². The van der Waals surface area contributed by atoms with Crippen LogP contribution in [0.2, 0.25) is 0 Å². The van der Waals surface area contributed by atoms with Gasteiger partial charge in [0.25, 0.3) is 0 Å². The van der Waals surface area contributed by atoms with Crippen molar-refractivity contribution in [1.82, 2.24) is 0 Å². The molecule has 1 aliphatic rings. The molecule has 3 nitrogen and oxygen atoms in total. The van der Waals surface area contributed by atoms with Gasteiger partial charge in [0.15, 0.2) is 17.9 Å². The number of hydrogen-bond acceptors (Lipinski definition) is 3. The van der Waals surface area contributed by atoms with Gasteiger partial charge in [0.1, 0.15) is 0 Å². The average molecular weight is 276 g/mol. The zero-order valence-electron chi connectivity index (χ0n) is 9.73. The van der Waals surface area contributed by atoms with E-state index in [4.69, 9.17) is 9.47 Å². The third-order valence-corrected chi connectivity index (χ3v) is 3.98. The third-order valence-electron chi connectivity index (χ3n) is 2.59. The van der Waals surface area contributed by atoms with E-state index in [-0.39, 0.29) is 11.2 Å². The molecule has 1 unspecified atom stereocenters. The minimum atomic E-state index is -1.37. The van der Waals surface area contributed by atoms with Crippen molar-refractivity contribution in [2.45, 2.75) is 24.0 Å². The van der Waals surface area contributed by atoms with Crippen molar-refractivity contribution < 1.29 is 22.5 Å². The van der Waals surface area contributed by atoms with E-state index in [2.05, 4.69) is 0 Å². The Morgan fingerprint density at radius 1 is 1.22 bits per heavy atom. The van der Waals surface area contributed by atoms with Gasteiger partial charge in [0.2, 0.25) is 0 Å². The fourth-order valence-corrected chi connectivity index (χ4v) is 2.74. The van der Waals surface area contributed by atoms with Crippen LogP contribution in [0.3, 0.4) is 0 Å². The van der Waals surface area contributed by atoms with Crippen LogP contribution < -0.4 is 0 Å². The van der Waals surface area contributed by atoms with Crippen molar-refractivity contribution in [3.05, 3.63) is 29.8 Å². The van der Waals surface area contributed by atoms with Crippen LogP contribution >= 0.6 is 0 Å². The molecule has 0 radical (unpaired) electrons. The Hall–Kier alpha value is -0.850. The largest absolute Gasteiger partial charge is 0.353 e. The number of benzene rings is 1. The molecule has 0 aromatic heterocycles. The van der Waals surface area contributed by atoms with Crippen molar-refractivity contribution in [1.29, 1.82) is 0 Å². The summed E-state index contributed by atoms with van der Waals surface area (Å²) in [7, 11) is -1.37. The van der Waals surface area contributed by atoms with Gasteiger partial charge in [-0.25, -0.2) is 8.78 Å². The zero-order valence-corrected chi connectivity index (χ0v) is 10.6. The van der Waals surface area contributed by atoms with Crippen molar-refractivity contribution >= 4 is 10.8 Å². The van der Waals surface area contributed by atoms with Crippen molar-refractivity contribution in [2.75, 3.05) is 19.0 Å². The van der Waals surface area contributed by atoms with Gasteiger partial charge in [0, 0.05) is 17.1 Å². The van der Waals surface area contributed by atoms with Gasteiger partial charge in [-0.2, -0.15) is 0 Å². The predicted molar refractivity (Wildman–Crippen MR) is 62.6 cm³/mol. The molecule has 0 saturated carbocycles. The number of ether oxygens (including phenoxy) is 2. The van der Waals surface area contributed by atoms with Crippen LogP contribution in [0.5, 0.6) is 0 Å². The number of rotatable bonds is 4. The number of hydrogen-bond donors (Lipinski definition) is 0. The Morgan fingerprint density at radius 3 is 2.61 bits per heavy atom. The second kappa shape index (κ2) is 6.36. The maximum Gasteiger partial charge on any atom is 0.160 e. The lowest BCUT2D eigenvalue weighted by atomic mass is 10.3. The van der Waals surface area contributed by atoms with E-state index in [0.29, 0.717) is 25.4 Å². The molecule has 100 valence electrons. The van der Waals surface area contributed by atoms with Gasteiger partial charge in [-0.3, -0.25) is 4.21 Å². The minimum absolute atomic E-state index is 0.282. The van der Waals surface area contributed by atoms with E-state index >= 15 is 0 Å². The average Bonchev–Trinajstić information content (AvgIpc) is 2.40. The van der Waals surface area contributed by atoms with Crippen molar-refractivity contribution in [3.63, 3.8) is 0 Å². The smallest absolute Gasteiger partial charge is 0.160 e. The van der Waals surface area contributed by atoms with E-state index in [1.54, 1.807) is 0 Å². The molecule has 6 heteroatoms. The van der Waals surface area contributed by atoms with E-state index in [9.17, 15) is 13.0 Å². The van der Waals surface area contributed by atoms with E-state index in [1.807, 2.05) is 0 Å². The standard InChI is InChI=1S/C12H14F2O3S/c13-10-3-2-9(8-11(10)14)18(15)7-4-12-16-5-1-6-17-12/h2-3,8,12H,1,4-7H2. The maximum absolute atomic E-state index is 13.0. The second-order valence-electron chi connectivity index (χ2n) is 3.94. The fourth-order valence-electron chi connectivity index (χ4n) is 1.64. The Balaban J connectivity index is 1.88. The quantitative estimate of drug-likeness (QED) is 0.846. The maximum atomic E-state index is 13.0. The molecule has 2 rings (SSSR count). The molecule has 0 N–H and O–H groups in total. The van der Waals surface area contributed by atoms with Gasteiger partial charge < -0.3 is 9.47 Å². The van der Waals surface area contributed by atoms with E-state index in [0.717, 1.165) is 18.6 Å². The molecule has 0 bridgehead atoms. The molecule has 0 amide bonds. The first-order valence-corrected chi connectivity index (χ1v) is 7.05. The first-order valence-electron chi connectivity index (χ1n) is 5.73. The first kappa shape index (κ1) is 13.6. The van der Waals surface area contributed by atoms with E-state index < -0.39 is 22.4 Å². The molecular weight excluding hydrogens is 262 g/mol. The molecule has 1 atom stereocenters. The summed E-state index contributed by atoms with van der Waals surface area (Å²) in [6, 6.07) is 3.28. The Bertz CT molecular complexity index is 433. The highest BCUT2D eigenvalue weighted by molar-refractivity contribution is 7.85. The fraction of sp³-hybridized carbons (Fsp3) is 0.500. The molecule has 18 heavy (non-hydrogen) atoms. The highest BCUT2D eigenvalue weighted by Gasteiger charge is 2.16. The monoisotopic (exact) mass is 276 g/mol. The van der Waals surface area contributed by atoms with Crippen molar-refractivity contribution in [3.8, 4) is 0 Å². The lowest BCUT2D eigenvalue weighted by Gasteiger charge is -2.22. The topological polar surface area (TPSA) is 35.5 Å².